The molecular formula is C28H32FN3O4. The first kappa shape index (κ1) is 25.5. The summed E-state index contributed by atoms with van der Waals surface area (Å²) in [6.07, 6.45) is 0.691. The Kier molecular flexibility index (Phi) is 6.98. The van der Waals surface area contributed by atoms with Gasteiger partial charge in [-0.25, -0.2) is 4.39 Å². The Balaban J connectivity index is 1.52. The molecule has 8 heteroatoms. The molecule has 2 fully saturated rings. The van der Waals surface area contributed by atoms with Gasteiger partial charge < -0.3 is 10.2 Å². The summed E-state index contributed by atoms with van der Waals surface area (Å²) in [5, 5.41) is 2.72. The predicted octanol–water partition coefficient (Wildman–Crippen LogP) is 3.28. The fourth-order valence-electron chi connectivity index (χ4n) is 5.47. The first-order valence-corrected chi connectivity index (χ1v) is 12.3. The second-order valence-electron chi connectivity index (χ2n) is 10.2. The van der Waals surface area contributed by atoms with Gasteiger partial charge in [0.1, 0.15) is 11.9 Å². The molecule has 190 valence electrons. The molecule has 2 aromatic carbocycles. The molecule has 2 aliphatic rings. The maximum Gasteiger partial charge on any atom is 0.254 e. The summed E-state index contributed by atoms with van der Waals surface area (Å²) in [5.74, 6) is -2.81. The fraction of sp³-hybridized carbons (Fsp3) is 0.429. The van der Waals surface area contributed by atoms with Crippen LogP contribution in [0.15, 0.2) is 48.5 Å². The number of nitrogens with zero attached hydrogens (tertiary/aromatic N) is 2. The molecule has 2 heterocycles. The molecule has 2 atom stereocenters. The number of benzene rings is 2. The predicted molar refractivity (Wildman–Crippen MR) is 132 cm³/mol. The van der Waals surface area contributed by atoms with E-state index in [0.29, 0.717) is 12.8 Å². The van der Waals surface area contributed by atoms with E-state index in [2.05, 4.69) is 5.32 Å². The summed E-state index contributed by atoms with van der Waals surface area (Å²) in [6, 6.07) is 12.7. The lowest BCUT2D eigenvalue weighted by atomic mass is 9.67. The van der Waals surface area contributed by atoms with E-state index in [4.69, 9.17) is 0 Å². The molecule has 2 aliphatic heterocycles. The number of hydrogen-bond donors (Lipinski definition) is 1. The zero-order valence-electron chi connectivity index (χ0n) is 21.1. The number of amides is 4. The van der Waals surface area contributed by atoms with Crippen molar-refractivity contribution in [1.82, 2.24) is 15.1 Å². The van der Waals surface area contributed by atoms with Crippen molar-refractivity contribution in [2.45, 2.75) is 45.6 Å². The largest absolute Gasteiger partial charge is 0.341 e. The summed E-state index contributed by atoms with van der Waals surface area (Å²) >= 11 is 0. The van der Waals surface area contributed by atoms with Gasteiger partial charge in [0.2, 0.25) is 17.7 Å². The molecule has 4 amide bonds. The smallest absolute Gasteiger partial charge is 0.254 e. The molecule has 0 bridgehead atoms. The quantitative estimate of drug-likeness (QED) is 0.648. The number of hydrogen-bond acceptors (Lipinski definition) is 4. The van der Waals surface area contributed by atoms with Crippen LogP contribution in [0.25, 0.3) is 0 Å². The van der Waals surface area contributed by atoms with Crippen LogP contribution < -0.4 is 5.32 Å². The Labute approximate surface area is 210 Å². The monoisotopic (exact) mass is 493 g/mol. The number of carbonyl (C=O) groups is 4. The first-order chi connectivity index (χ1) is 17.1. The molecule has 1 unspecified atom stereocenters. The van der Waals surface area contributed by atoms with Gasteiger partial charge in [-0.1, -0.05) is 55.8 Å². The highest BCUT2D eigenvalue weighted by Crippen LogP contribution is 2.51. The lowest BCUT2D eigenvalue weighted by Gasteiger charge is -2.41. The van der Waals surface area contributed by atoms with E-state index in [1.807, 2.05) is 44.2 Å². The molecule has 1 spiro atoms. The normalized spacial score (nSPS) is 20.2. The van der Waals surface area contributed by atoms with Crippen molar-refractivity contribution in [2.75, 3.05) is 20.1 Å². The average molecular weight is 494 g/mol. The van der Waals surface area contributed by atoms with Crippen LogP contribution >= 0.6 is 0 Å². The Hall–Kier alpha value is -3.55. The molecule has 36 heavy (non-hydrogen) atoms. The SMILES string of the molecule is Cc1ccc(F)c(C(=O)N[C@@H](C(=O)N2CCC3(CC2)C(=O)N(C)C(=O)C3c2ccccc2)C(C)C)c1. The molecule has 0 aliphatic carbocycles. The molecule has 0 radical (unpaired) electrons. The van der Waals surface area contributed by atoms with E-state index in [1.165, 1.54) is 24.1 Å². The van der Waals surface area contributed by atoms with E-state index in [0.717, 1.165) is 11.1 Å². The van der Waals surface area contributed by atoms with Gasteiger partial charge >= 0.3 is 0 Å². The molecule has 0 aromatic heterocycles. The van der Waals surface area contributed by atoms with E-state index in [1.54, 1.807) is 17.9 Å². The Bertz CT molecular complexity index is 1190. The van der Waals surface area contributed by atoms with Crippen LogP contribution in [0.2, 0.25) is 0 Å². The zero-order chi connectivity index (χ0) is 26.2. The molecule has 4 rings (SSSR count). The number of halogens is 1. The van der Waals surface area contributed by atoms with Crippen molar-refractivity contribution in [1.29, 1.82) is 0 Å². The minimum Gasteiger partial charge on any atom is -0.341 e. The molecule has 0 saturated carbocycles. The van der Waals surface area contributed by atoms with Crippen molar-refractivity contribution >= 4 is 23.6 Å². The van der Waals surface area contributed by atoms with Gasteiger partial charge in [0.05, 0.1) is 16.9 Å². The molecule has 7 nitrogen and oxygen atoms in total. The molecular weight excluding hydrogens is 461 g/mol. The first-order valence-electron chi connectivity index (χ1n) is 12.3. The van der Waals surface area contributed by atoms with E-state index in [-0.39, 0.29) is 42.3 Å². The summed E-state index contributed by atoms with van der Waals surface area (Å²) < 4.78 is 14.3. The van der Waals surface area contributed by atoms with Crippen LogP contribution in [0.3, 0.4) is 0 Å². The number of imide groups is 1. The van der Waals surface area contributed by atoms with Crippen LogP contribution in [-0.4, -0.2) is 59.6 Å². The second-order valence-corrected chi connectivity index (χ2v) is 10.2. The minimum absolute atomic E-state index is 0.102. The Morgan fingerprint density at radius 3 is 2.31 bits per heavy atom. The van der Waals surface area contributed by atoms with Crippen LogP contribution in [-0.2, 0) is 14.4 Å². The number of nitrogens with one attached hydrogen (secondary N) is 1. The van der Waals surface area contributed by atoms with Gasteiger partial charge in [0, 0.05) is 20.1 Å². The summed E-state index contributed by atoms with van der Waals surface area (Å²) in [7, 11) is 1.52. The third-order valence-electron chi connectivity index (χ3n) is 7.55. The van der Waals surface area contributed by atoms with Gasteiger partial charge in [-0.15, -0.1) is 0 Å². The highest BCUT2D eigenvalue weighted by molar-refractivity contribution is 6.10. The minimum atomic E-state index is -0.898. The molecule has 2 saturated heterocycles. The third kappa shape index (κ3) is 4.40. The van der Waals surface area contributed by atoms with E-state index < -0.39 is 29.1 Å². The third-order valence-corrected chi connectivity index (χ3v) is 7.55. The lowest BCUT2D eigenvalue weighted by molar-refractivity contribution is -0.144. The van der Waals surface area contributed by atoms with E-state index >= 15 is 0 Å². The van der Waals surface area contributed by atoms with Gasteiger partial charge in [0.25, 0.3) is 5.91 Å². The number of likely N-dealkylation sites (tertiary alicyclic amines) is 2. The highest BCUT2D eigenvalue weighted by atomic mass is 19.1. The van der Waals surface area contributed by atoms with Crippen molar-refractivity contribution < 1.29 is 23.6 Å². The average Bonchev–Trinajstić information content (AvgIpc) is 3.04. The van der Waals surface area contributed by atoms with Crippen LogP contribution in [0.1, 0.15) is 54.1 Å². The zero-order valence-corrected chi connectivity index (χ0v) is 21.1. The van der Waals surface area contributed by atoms with Crippen LogP contribution in [0, 0.1) is 24.1 Å². The van der Waals surface area contributed by atoms with Gasteiger partial charge in [-0.3, -0.25) is 24.1 Å². The second kappa shape index (κ2) is 9.84. The summed E-state index contributed by atoms with van der Waals surface area (Å²) in [5.41, 5.74) is 0.539. The topological polar surface area (TPSA) is 86.8 Å². The Morgan fingerprint density at radius 1 is 1.06 bits per heavy atom. The standard InChI is InChI=1S/C28H32FN3O4/c1-17(2)23(30-24(33)20-16-18(3)10-11-21(20)29)26(35)32-14-12-28(13-15-32)22(19-8-6-5-7-9-19)25(34)31(4)27(28)36/h5-11,16-17,22-23H,12-15H2,1-4H3,(H,30,33)/t22?,23-/m1/s1. The maximum absolute atomic E-state index is 14.3. The number of piperidine rings is 1. The van der Waals surface area contributed by atoms with Crippen molar-refractivity contribution in [3.05, 3.63) is 71.0 Å². The highest BCUT2D eigenvalue weighted by Gasteiger charge is 2.59. The van der Waals surface area contributed by atoms with Crippen LogP contribution in [0.5, 0.6) is 0 Å². The van der Waals surface area contributed by atoms with E-state index in [9.17, 15) is 23.6 Å². The molecule has 2 aromatic rings. The summed E-state index contributed by atoms with van der Waals surface area (Å²) in [6.45, 7) is 5.97. The number of aryl methyl sites for hydroxylation is 1. The van der Waals surface area contributed by atoms with Gasteiger partial charge in [-0.05, 0) is 43.4 Å². The molecule has 1 N–H and O–H groups in total. The van der Waals surface area contributed by atoms with Crippen molar-refractivity contribution in [3.8, 4) is 0 Å². The maximum atomic E-state index is 14.3. The van der Waals surface area contributed by atoms with Crippen LogP contribution in [0.4, 0.5) is 4.39 Å². The number of carbonyl (C=O) groups excluding carboxylic acids is 4. The van der Waals surface area contributed by atoms with Crippen molar-refractivity contribution in [2.24, 2.45) is 11.3 Å². The van der Waals surface area contributed by atoms with Gasteiger partial charge in [-0.2, -0.15) is 0 Å². The van der Waals surface area contributed by atoms with Gasteiger partial charge in [0.15, 0.2) is 0 Å². The van der Waals surface area contributed by atoms with Crippen molar-refractivity contribution in [3.63, 3.8) is 0 Å². The fourth-order valence-corrected chi connectivity index (χ4v) is 5.47. The number of likely N-dealkylation sites (N-methyl/N-ethyl adjacent to an activating group) is 1. The number of rotatable bonds is 5. The lowest BCUT2D eigenvalue weighted by Crippen LogP contribution is -2.55. The Morgan fingerprint density at radius 2 is 1.69 bits per heavy atom. The summed E-state index contributed by atoms with van der Waals surface area (Å²) in [4.78, 5) is 55.5.